The lowest BCUT2D eigenvalue weighted by atomic mass is 10.1. The molecule has 2 saturated heterocycles. The molecule has 2 aliphatic heterocycles. The zero-order valence-corrected chi connectivity index (χ0v) is 28.5. The summed E-state index contributed by atoms with van der Waals surface area (Å²) in [5.74, 6) is -4.92. The van der Waals surface area contributed by atoms with Crippen molar-refractivity contribution in [1.29, 1.82) is 0 Å². The maximum atomic E-state index is 13.8. The summed E-state index contributed by atoms with van der Waals surface area (Å²) in [6, 6.07) is 5.82. The van der Waals surface area contributed by atoms with E-state index in [9.17, 15) is 44.8 Å². The lowest BCUT2D eigenvalue weighted by molar-refractivity contribution is -0.192. The third-order valence-electron chi connectivity index (χ3n) is 7.86. The van der Waals surface area contributed by atoms with Crippen LogP contribution in [-0.4, -0.2) is 111 Å². The van der Waals surface area contributed by atoms with Crippen LogP contribution in [0.5, 0.6) is 5.75 Å². The van der Waals surface area contributed by atoms with Gasteiger partial charge in [0.25, 0.3) is 5.91 Å². The summed E-state index contributed by atoms with van der Waals surface area (Å²) in [6.07, 6.45) is -1.44. The molecule has 3 heterocycles. The van der Waals surface area contributed by atoms with E-state index in [0.717, 1.165) is 30.2 Å². The Morgan fingerprint density at radius 2 is 1.70 bits per heavy atom. The zero-order chi connectivity index (χ0) is 36.8. The van der Waals surface area contributed by atoms with Crippen LogP contribution in [0, 0.1) is 0 Å². The lowest BCUT2D eigenvalue weighted by Gasteiger charge is -2.36. The summed E-state index contributed by atoms with van der Waals surface area (Å²) in [5.41, 5.74) is -0.102. The minimum absolute atomic E-state index is 0.102. The molecule has 1 aromatic carbocycles. The number of piperidine rings is 1. The van der Waals surface area contributed by atoms with Crippen molar-refractivity contribution in [2.45, 2.75) is 61.9 Å². The number of carboxylic acids is 1. The molecule has 3 N–H and O–H groups in total. The van der Waals surface area contributed by atoms with Gasteiger partial charge in [0.2, 0.25) is 21.8 Å². The van der Waals surface area contributed by atoms with E-state index in [-0.39, 0.29) is 29.4 Å². The smallest absolute Gasteiger partial charge is 0.475 e. The molecule has 13 nitrogen and oxygen atoms in total. The van der Waals surface area contributed by atoms with Gasteiger partial charge in [0.05, 0.1) is 14.9 Å². The Balaban J connectivity index is 0.000000727. The van der Waals surface area contributed by atoms with Gasteiger partial charge in [0.15, 0.2) is 5.75 Å². The molecule has 21 heteroatoms. The number of hydrogen-bond donors (Lipinski definition) is 3. The fraction of sp³-hybridized carbons (Fsp3) is 0.517. The second-order valence-corrected chi connectivity index (χ2v) is 14.8. The van der Waals surface area contributed by atoms with Crippen LogP contribution < -0.4 is 19.7 Å². The van der Waals surface area contributed by atoms with Crippen LogP contribution >= 0.6 is 22.9 Å². The Bertz CT molecular complexity index is 1670. The van der Waals surface area contributed by atoms with Crippen molar-refractivity contribution in [3.05, 3.63) is 39.5 Å². The number of carbonyl (C=O) groups excluding carboxylic acids is 3. The van der Waals surface area contributed by atoms with Crippen LogP contribution in [0.25, 0.3) is 0 Å². The number of carboxylic acid groups (broad SMARTS) is 1. The van der Waals surface area contributed by atoms with Gasteiger partial charge < -0.3 is 25.0 Å². The van der Waals surface area contributed by atoms with E-state index in [4.69, 9.17) is 26.2 Å². The van der Waals surface area contributed by atoms with Crippen LogP contribution in [-0.2, 0) is 24.4 Å². The van der Waals surface area contributed by atoms with Gasteiger partial charge in [0, 0.05) is 51.7 Å². The number of para-hydroxylation sites is 1. The number of piperazine rings is 1. The van der Waals surface area contributed by atoms with Gasteiger partial charge in [-0.05, 0) is 49.9 Å². The Morgan fingerprint density at radius 3 is 2.24 bits per heavy atom. The third-order valence-corrected chi connectivity index (χ3v) is 10.6. The molecule has 0 bridgehead atoms. The van der Waals surface area contributed by atoms with Gasteiger partial charge in [-0.15, -0.1) is 11.3 Å². The number of nitrogens with one attached hydrogen (secondary N) is 2. The number of anilines is 1. The summed E-state index contributed by atoms with van der Waals surface area (Å²) in [6.45, 7) is -1.58. The number of nitrogens with zero attached hydrogens (tertiary/aromatic N) is 3. The summed E-state index contributed by atoms with van der Waals surface area (Å²) in [5, 5.41) is 9.71. The molecule has 3 aliphatic rings. The summed E-state index contributed by atoms with van der Waals surface area (Å²) in [7, 11) is -4.69. The van der Waals surface area contributed by atoms with Gasteiger partial charge in [-0.2, -0.15) is 26.7 Å². The number of thiophene rings is 1. The highest BCUT2D eigenvalue weighted by Gasteiger charge is 2.39. The van der Waals surface area contributed by atoms with Crippen molar-refractivity contribution in [1.82, 2.24) is 19.8 Å². The molecule has 0 unspecified atom stereocenters. The molecule has 1 aliphatic carbocycles. The quantitative estimate of drug-likeness (QED) is 0.290. The standard InChI is InChI=1S/C27H32ClF2N5O6S2.C2HF3O2/c28-22-10-9-20(42-22)25(37)31-16-18(26(38)34-14-12-33(13-15-34)17-7-8-17)32-43(39,40)21-5-3-4-19(24(21)41-27(29)30)35-11-2-1-6-23(35)36;3-2(4,5)1(6)7/h3-5,9-10,17-18,27,32H,1-2,6-8,11-16H2,(H,31,37);(H,6,7)/t18-;/m0./s1. The molecule has 3 fully saturated rings. The number of sulfonamides is 1. The predicted octanol–water partition coefficient (Wildman–Crippen LogP) is 3.54. The lowest BCUT2D eigenvalue weighted by Crippen LogP contribution is -2.58. The number of hydrogen-bond acceptors (Lipinski definition) is 9. The molecule has 0 radical (unpaired) electrons. The second-order valence-electron chi connectivity index (χ2n) is 11.4. The number of alkyl halides is 5. The molecule has 276 valence electrons. The first-order valence-corrected chi connectivity index (χ1v) is 17.9. The molecule has 1 aromatic heterocycles. The highest BCUT2D eigenvalue weighted by molar-refractivity contribution is 7.89. The molecule has 50 heavy (non-hydrogen) atoms. The largest absolute Gasteiger partial charge is 0.490 e. The van der Waals surface area contributed by atoms with Crippen LogP contribution in [0.4, 0.5) is 27.6 Å². The first-order valence-electron chi connectivity index (χ1n) is 15.2. The molecule has 0 spiro atoms. The number of benzene rings is 1. The molecule has 1 saturated carbocycles. The average molecular weight is 774 g/mol. The summed E-state index contributed by atoms with van der Waals surface area (Å²) in [4.78, 5) is 52.6. The van der Waals surface area contributed by atoms with Crippen LogP contribution in [0.1, 0.15) is 41.8 Å². The Labute approximate surface area is 292 Å². The number of ether oxygens (including phenoxy) is 1. The number of amides is 3. The average Bonchev–Trinajstić information content (AvgIpc) is 3.82. The van der Waals surface area contributed by atoms with Gasteiger partial charge in [-0.3, -0.25) is 19.3 Å². The minimum Gasteiger partial charge on any atom is -0.475 e. The SMILES string of the molecule is O=C(NC[C@H](NS(=O)(=O)c1cccc(N2CCCCC2=O)c1OC(F)F)C(=O)N1CCN(C2CC2)CC1)c1ccc(Cl)s1.O=C(O)C(F)(F)F. The van der Waals surface area contributed by atoms with E-state index in [1.165, 1.54) is 34.1 Å². The van der Waals surface area contributed by atoms with Crippen molar-refractivity contribution < 1.29 is 59.4 Å². The Kier molecular flexibility index (Phi) is 13.0. The Morgan fingerprint density at radius 1 is 1.04 bits per heavy atom. The monoisotopic (exact) mass is 773 g/mol. The third kappa shape index (κ3) is 10.5. The van der Waals surface area contributed by atoms with E-state index in [1.807, 2.05) is 0 Å². The van der Waals surface area contributed by atoms with Gasteiger partial charge in [-0.25, -0.2) is 13.2 Å². The van der Waals surface area contributed by atoms with Gasteiger partial charge in [0.1, 0.15) is 10.9 Å². The predicted molar refractivity (Wildman–Crippen MR) is 170 cm³/mol. The van der Waals surface area contributed by atoms with Crippen molar-refractivity contribution in [3.8, 4) is 5.75 Å². The number of carbonyl (C=O) groups is 4. The van der Waals surface area contributed by atoms with E-state index < -0.39 is 63.8 Å². The first kappa shape index (κ1) is 39.2. The number of rotatable bonds is 11. The number of aliphatic carboxylic acids is 1. The molecule has 1 atom stereocenters. The summed E-state index contributed by atoms with van der Waals surface area (Å²) >= 11 is 6.95. The highest BCUT2D eigenvalue weighted by Crippen LogP contribution is 2.38. The van der Waals surface area contributed by atoms with Crippen molar-refractivity contribution >= 4 is 62.3 Å². The van der Waals surface area contributed by atoms with E-state index in [2.05, 4.69) is 14.9 Å². The normalized spacial score (nSPS) is 17.9. The van der Waals surface area contributed by atoms with E-state index >= 15 is 0 Å². The first-order chi connectivity index (χ1) is 23.5. The number of halogens is 6. The van der Waals surface area contributed by atoms with Crippen molar-refractivity contribution in [2.24, 2.45) is 0 Å². The fourth-order valence-corrected chi connectivity index (χ4v) is 7.61. The topological polar surface area (TPSA) is 166 Å². The Hall–Kier alpha value is -3.59. The maximum absolute atomic E-state index is 13.8. The van der Waals surface area contributed by atoms with Crippen LogP contribution in [0.3, 0.4) is 0 Å². The van der Waals surface area contributed by atoms with Crippen LogP contribution in [0.15, 0.2) is 35.2 Å². The fourth-order valence-electron chi connectivity index (χ4n) is 5.31. The highest BCUT2D eigenvalue weighted by atomic mass is 35.5. The maximum Gasteiger partial charge on any atom is 0.490 e. The second kappa shape index (κ2) is 16.6. The molecular weight excluding hydrogens is 741 g/mol. The van der Waals surface area contributed by atoms with Crippen LogP contribution in [0.2, 0.25) is 4.34 Å². The van der Waals surface area contributed by atoms with E-state index in [0.29, 0.717) is 49.4 Å². The van der Waals surface area contributed by atoms with Gasteiger partial charge >= 0.3 is 18.8 Å². The van der Waals surface area contributed by atoms with Crippen molar-refractivity contribution in [2.75, 3.05) is 44.2 Å². The molecular formula is C29H33ClF5N5O8S2. The van der Waals surface area contributed by atoms with Gasteiger partial charge in [-0.1, -0.05) is 17.7 Å². The molecule has 2 aromatic rings. The molecule has 3 amide bonds. The van der Waals surface area contributed by atoms with Crippen molar-refractivity contribution in [3.63, 3.8) is 0 Å². The minimum atomic E-state index is -5.08. The zero-order valence-electron chi connectivity index (χ0n) is 26.1. The van der Waals surface area contributed by atoms with E-state index in [1.54, 1.807) is 0 Å². The summed E-state index contributed by atoms with van der Waals surface area (Å²) < 4.78 is 93.8. The molecule has 5 rings (SSSR count).